The quantitative estimate of drug-likeness (QED) is 0.552. The Balaban J connectivity index is 1.51. The van der Waals surface area contributed by atoms with Crippen LogP contribution in [-0.2, 0) is 9.53 Å². The number of hydrogen-bond donors (Lipinski definition) is 2. The first kappa shape index (κ1) is 23.2. The van der Waals surface area contributed by atoms with Crippen molar-refractivity contribution in [2.75, 3.05) is 23.4 Å². The standard InChI is InChI=1S/C27H26N2O5/c1-18-7-2-3-8-21(18)26(32)28-20-14-12-19(13-15-20)27(33)29-16-6-11-24(34-17-25(30)31)22-9-4-5-10-23(22)29/h2-5,7-10,12-15,24H,6,11,16-17H2,1H3,(H,28,32)(H,30,31). The van der Waals surface area contributed by atoms with Gasteiger partial charge < -0.3 is 20.1 Å². The van der Waals surface area contributed by atoms with E-state index in [2.05, 4.69) is 5.32 Å². The fraction of sp³-hybridized carbons (Fsp3) is 0.222. The van der Waals surface area contributed by atoms with E-state index in [0.29, 0.717) is 36.2 Å². The van der Waals surface area contributed by atoms with Crippen LogP contribution in [0.2, 0.25) is 0 Å². The predicted octanol–water partition coefficient (Wildman–Crippen LogP) is 4.83. The molecule has 2 N–H and O–H groups in total. The maximum atomic E-state index is 13.4. The Morgan fingerprint density at radius 3 is 2.44 bits per heavy atom. The van der Waals surface area contributed by atoms with Crippen molar-refractivity contribution in [3.8, 4) is 0 Å². The highest BCUT2D eigenvalue weighted by molar-refractivity contribution is 6.08. The molecule has 0 aliphatic carbocycles. The van der Waals surface area contributed by atoms with Gasteiger partial charge in [0.15, 0.2) is 0 Å². The SMILES string of the molecule is Cc1ccccc1C(=O)Nc1ccc(C(=O)N2CCCC(OCC(=O)O)c3ccccc32)cc1. The van der Waals surface area contributed by atoms with Crippen LogP contribution in [0.15, 0.2) is 72.8 Å². The van der Waals surface area contributed by atoms with Gasteiger partial charge in [-0.15, -0.1) is 0 Å². The molecule has 3 aromatic rings. The van der Waals surface area contributed by atoms with Crippen molar-refractivity contribution in [2.24, 2.45) is 0 Å². The summed E-state index contributed by atoms with van der Waals surface area (Å²) >= 11 is 0. The first-order valence-electron chi connectivity index (χ1n) is 11.2. The number of anilines is 2. The van der Waals surface area contributed by atoms with Crippen LogP contribution < -0.4 is 10.2 Å². The van der Waals surface area contributed by atoms with Crippen LogP contribution in [0.5, 0.6) is 0 Å². The van der Waals surface area contributed by atoms with Crippen LogP contribution in [-0.4, -0.2) is 36.0 Å². The number of aryl methyl sites for hydroxylation is 1. The highest BCUT2D eigenvalue weighted by Crippen LogP contribution is 2.35. The fourth-order valence-corrected chi connectivity index (χ4v) is 4.15. The molecule has 1 heterocycles. The first-order valence-corrected chi connectivity index (χ1v) is 11.2. The Labute approximate surface area is 198 Å². The number of amides is 2. The molecule has 7 heteroatoms. The van der Waals surface area contributed by atoms with Gasteiger partial charge in [0, 0.05) is 34.6 Å². The zero-order valence-corrected chi connectivity index (χ0v) is 18.9. The molecule has 7 nitrogen and oxygen atoms in total. The number of carbonyl (C=O) groups excluding carboxylic acids is 2. The van der Waals surface area contributed by atoms with Gasteiger partial charge in [-0.25, -0.2) is 4.79 Å². The van der Waals surface area contributed by atoms with Crippen molar-refractivity contribution < 1.29 is 24.2 Å². The van der Waals surface area contributed by atoms with Crippen LogP contribution in [0, 0.1) is 6.92 Å². The first-order chi connectivity index (χ1) is 16.4. The van der Waals surface area contributed by atoms with Crippen LogP contribution in [0.3, 0.4) is 0 Å². The number of fused-ring (bicyclic) bond motifs is 1. The third kappa shape index (κ3) is 5.15. The molecular formula is C27H26N2O5. The number of rotatable bonds is 6. The molecule has 1 aliphatic heterocycles. The zero-order valence-electron chi connectivity index (χ0n) is 18.9. The minimum Gasteiger partial charge on any atom is -0.480 e. The van der Waals surface area contributed by atoms with Crippen LogP contribution in [0.1, 0.15) is 50.8 Å². The van der Waals surface area contributed by atoms with E-state index in [0.717, 1.165) is 16.8 Å². The normalized spacial score (nSPS) is 15.2. The summed E-state index contributed by atoms with van der Waals surface area (Å²) in [7, 11) is 0. The van der Waals surface area contributed by atoms with Gasteiger partial charge in [0.2, 0.25) is 0 Å². The smallest absolute Gasteiger partial charge is 0.329 e. The second-order valence-corrected chi connectivity index (χ2v) is 8.20. The molecule has 0 saturated carbocycles. The maximum Gasteiger partial charge on any atom is 0.329 e. The largest absolute Gasteiger partial charge is 0.480 e. The maximum absolute atomic E-state index is 13.4. The third-order valence-corrected chi connectivity index (χ3v) is 5.86. The molecule has 0 aromatic heterocycles. The number of hydrogen-bond acceptors (Lipinski definition) is 4. The lowest BCUT2D eigenvalue weighted by molar-refractivity contribution is -0.144. The molecule has 1 atom stereocenters. The lowest BCUT2D eigenvalue weighted by atomic mass is 10.0. The van der Waals surface area contributed by atoms with Gasteiger partial charge in [-0.2, -0.15) is 0 Å². The van der Waals surface area contributed by atoms with E-state index in [1.54, 1.807) is 35.2 Å². The average molecular weight is 459 g/mol. The minimum absolute atomic E-state index is 0.164. The van der Waals surface area contributed by atoms with Crippen molar-refractivity contribution in [1.29, 1.82) is 0 Å². The number of benzene rings is 3. The van der Waals surface area contributed by atoms with Gasteiger partial charge in [0.25, 0.3) is 11.8 Å². The van der Waals surface area contributed by atoms with E-state index in [4.69, 9.17) is 9.84 Å². The lowest BCUT2D eigenvalue weighted by Gasteiger charge is -2.24. The predicted molar refractivity (Wildman–Crippen MR) is 129 cm³/mol. The summed E-state index contributed by atoms with van der Waals surface area (Å²) < 4.78 is 5.60. The van der Waals surface area contributed by atoms with Crippen molar-refractivity contribution in [3.05, 3.63) is 95.1 Å². The van der Waals surface area contributed by atoms with E-state index in [-0.39, 0.29) is 24.5 Å². The monoisotopic (exact) mass is 458 g/mol. The molecule has 2 amide bonds. The van der Waals surface area contributed by atoms with Gasteiger partial charge in [0.05, 0.1) is 6.10 Å². The molecule has 1 aliphatic rings. The van der Waals surface area contributed by atoms with Crippen LogP contribution in [0.4, 0.5) is 11.4 Å². The highest BCUT2D eigenvalue weighted by atomic mass is 16.5. The Morgan fingerprint density at radius 2 is 1.71 bits per heavy atom. The number of nitrogens with zero attached hydrogens (tertiary/aromatic N) is 1. The zero-order chi connectivity index (χ0) is 24.1. The summed E-state index contributed by atoms with van der Waals surface area (Å²) in [6, 6.07) is 21.6. The number of carbonyl (C=O) groups is 3. The van der Waals surface area contributed by atoms with Crippen molar-refractivity contribution in [2.45, 2.75) is 25.9 Å². The summed E-state index contributed by atoms with van der Waals surface area (Å²) in [4.78, 5) is 38.6. The molecule has 0 spiro atoms. The number of carboxylic acid groups (broad SMARTS) is 1. The van der Waals surface area contributed by atoms with E-state index >= 15 is 0 Å². The molecule has 0 bridgehead atoms. The van der Waals surface area contributed by atoms with Crippen molar-refractivity contribution >= 4 is 29.2 Å². The van der Waals surface area contributed by atoms with Crippen molar-refractivity contribution in [1.82, 2.24) is 0 Å². The van der Waals surface area contributed by atoms with Gasteiger partial charge in [-0.1, -0.05) is 36.4 Å². The molecule has 0 saturated heterocycles. The number of nitrogens with one attached hydrogen (secondary N) is 1. The molecule has 174 valence electrons. The second-order valence-electron chi connectivity index (χ2n) is 8.20. The fourth-order valence-electron chi connectivity index (χ4n) is 4.15. The highest BCUT2D eigenvalue weighted by Gasteiger charge is 2.27. The van der Waals surface area contributed by atoms with E-state index in [1.807, 2.05) is 49.4 Å². The third-order valence-electron chi connectivity index (χ3n) is 5.86. The Kier molecular flexibility index (Phi) is 7.04. The average Bonchev–Trinajstić information content (AvgIpc) is 3.02. The molecule has 4 rings (SSSR count). The molecule has 1 unspecified atom stereocenters. The molecule has 3 aromatic carbocycles. The van der Waals surface area contributed by atoms with E-state index in [1.165, 1.54) is 0 Å². The van der Waals surface area contributed by atoms with Gasteiger partial charge in [-0.3, -0.25) is 9.59 Å². The number of aliphatic carboxylic acids is 1. The number of carboxylic acids is 1. The molecular weight excluding hydrogens is 432 g/mol. The Bertz CT molecular complexity index is 1210. The lowest BCUT2D eigenvalue weighted by Crippen LogP contribution is -2.31. The Hall–Kier alpha value is -3.97. The Morgan fingerprint density at radius 1 is 1.00 bits per heavy atom. The molecule has 34 heavy (non-hydrogen) atoms. The molecule has 0 radical (unpaired) electrons. The molecule has 0 fully saturated rings. The van der Waals surface area contributed by atoms with Crippen molar-refractivity contribution in [3.63, 3.8) is 0 Å². The number of ether oxygens (including phenoxy) is 1. The summed E-state index contributed by atoms with van der Waals surface area (Å²) in [6.07, 6.45) is 0.914. The summed E-state index contributed by atoms with van der Waals surface area (Å²) in [5.74, 6) is -1.39. The van der Waals surface area contributed by atoms with Gasteiger partial charge in [0.1, 0.15) is 6.61 Å². The van der Waals surface area contributed by atoms with E-state index < -0.39 is 5.97 Å². The van der Waals surface area contributed by atoms with E-state index in [9.17, 15) is 14.4 Å². The number of para-hydroxylation sites is 1. The van der Waals surface area contributed by atoms with Crippen LogP contribution >= 0.6 is 0 Å². The summed E-state index contributed by atoms with van der Waals surface area (Å²) in [5, 5.41) is 11.9. The topological polar surface area (TPSA) is 95.9 Å². The second kappa shape index (κ2) is 10.3. The van der Waals surface area contributed by atoms with Gasteiger partial charge >= 0.3 is 5.97 Å². The minimum atomic E-state index is -1.02. The summed E-state index contributed by atoms with van der Waals surface area (Å²) in [6.45, 7) is 1.99. The van der Waals surface area contributed by atoms with Gasteiger partial charge in [-0.05, 0) is 61.7 Å². The summed E-state index contributed by atoms with van der Waals surface area (Å²) in [5.41, 5.74) is 4.10. The van der Waals surface area contributed by atoms with Crippen LogP contribution in [0.25, 0.3) is 0 Å².